The van der Waals surface area contributed by atoms with Gasteiger partial charge in [-0.2, -0.15) is 0 Å². The lowest BCUT2D eigenvalue weighted by Gasteiger charge is -2.18. The molecule has 0 unspecified atom stereocenters. The first-order valence-electron chi connectivity index (χ1n) is 4.14. The van der Waals surface area contributed by atoms with Crippen LogP contribution in [0.5, 0.6) is 0 Å². The molecule has 0 radical (unpaired) electrons. The largest absolute Gasteiger partial charge is 0.342 e. The second-order valence-corrected chi connectivity index (χ2v) is 3.67. The third-order valence-corrected chi connectivity index (χ3v) is 2.33. The van der Waals surface area contributed by atoms with Crippen LogP contribution in [0, 0.1) is 5.92 Å². The molecule has 1 aliphatic rings. The fourth-order valence-electron chi connectivity index (χ4n) is 1.11. The van der Waals surface area contributed by atoms with E-state index in [1.807, 2.05) is 11.8 Å². The Balaban J connectivity index is 2.32. The van der Waals surface area contributed by atoms with Crippen LogP contribution in [0.2, 0.25) is 0 Å². The Morgan fingerprint density at radius 3 is 2.64 bits per heavy atom. The van der Waals surface area contributed by atoms with Crippen molar-refractivity contribution in [2.24, 2.45) is 5.92 Å². The summed E-state index contributed by atoms with van der Waals surface area (Å²) in [6.07, 6.45) is 2.22. The zero-order valence-corrected chi connectivity index (χ0v) is 8.43. The molecule has 0 bridgehead atoms. The van der Waals surface area contributed by atoms with Crippen LogP contribution in [0.4, 0.5) is 0 Å². The molecule has 1 aliphatic carbocycles. The average molecular weight is 220 g/mol. The van der Waals surface area contributed by atoms with E-state index in [2.05, 4.69) is 15.9 Å². The van der Waals surface area contributed by atoms with Gasteiger partial charge in [0.05, 0.1) is 0 Å². The van der Waals surface area contributed by atoms with Gasteiger partial charge in [-0.1, -0.05) is 15.9 Å². The van der Waals surface area contributed by atoms with E-state index >= 15 is 0 Å². The van der Waals surface area contributed by atoms with Crippen molar-refractivity contribution in [2.45, 2.75) is 19.8 Å². The Labute approximate surface area is 76.1 Å². The van der Waals surface area contributed by atoms with Crippen molar-refractivity contribution < 1.29 is 4.79 Å². The first kappa shape index (κ1) is 9.04. The number of hydrogen-bond donors (Lipinski definition) is 0. The Bertz CT molecular complexity index is 145. The molecule has 2 nitrogen and oxygen atoms in total. The van der Waals surface area contributed by atoms with Gasteiger partial charge in [0.1, 0.15) is 0 Å². The Morgan fingerprint density at radius 1 is 1.64 bits per heavy atom. The van der Waals surface area contributed by atoms with E-state index in [1.54, 1.807) is 0 Å². The molecule has 0 aromatic rings. The topological polar surface area (TPSA) is 20.3 Å². The molecule has 0 saturated heterocycles. The number of halogens is 1. The molecule has 0 aromatic carbocycles. The second-order valence-electron chi connectivity index (χ2n) is 2.88. The van der Waals surface area contributed by atoms with Gasteiger partial charge < -0.3 is 4.90 Å². The molecule has 1 fully saturated rings. The summed E-state index contributed by atoms with van der Waals surface area (Å²) in [5.74, 6) is 0.723. The molecule has 1 amide bonds. The van der Waals surface area contributed by atoms with Crippen LogP contribution < -0.4 is 0 Å². The molecule has 11 heavy (non-hydrogen) atoms. The summed E-state index contributed by atoms with van der Waals surface area (Å²) >= 11 is 3.33. The van der Waals surface area contributed by atoms with Gasteiger partial charge in [-0.15, -0.1) is 0 Å². The highest BCUT2D eigenvalue weighted by molar-refractivity contribution is 9.09. The summed E-state index contributed by atoms with van der Waals surface area (Å²) < 4.78 is 0. The summed E-state index contributed by atoms with van der Waals surface area (Å²) in [4.78, 5) is 13.4. The van der Waals surface area contributed by atoms with E-state index in [0.29, 0.717) is 11.8 Å². The number of nitrogens with zero attached hydrogens (tertiary/aromatic N) is 1. The molecular weight excluding hydrogens is 206 g/mol. The number of hydrogen-bond acceptors (Lipinski definition) is 1. The van der Waals surface area contributed by atoms with Gasteiger partial charge in [-0.3, -0.25) is 4.79 Å². The first-order chi connectivity index (χ1) is 5.29. The molecule has 1 rings (SSSR count). The summed E-state index contributed by atoms with van der Waals surface area (Å²) in [5, 5.41) is 0.888. The van der Waals surface area contributed by atoms with Crippen LogP contribution in [0.3, 0.4) is 0 Å². The maximum absolute atomic E-state index is 11.4. The minimum absolute atomic E-state index is 0.354. The Hall–Kier alpha value is -0.0500. The lowest BCUT2D eigenvalue weighted by Crippen LogP contribution is -2.33. The maximum atomic E-state index is 11.4. The van der Waals surface area contributed by atoms with Gasteiger partial charge in [-0.25, -0.2) is 0 Å². The van der Waals surface area contributed by atoms with Crippen molar-refractivity contribution in [3.8, 4) is 0 Å². The number of carbonyl (C=O) groups excluding carboxylic acids is 1. The Kier molecular flexibility index (Phi) is 3.37. The fraction of sp³-hybridized carbons (Fsp3) is 0.875. The normalized spacial score (nSPS) is 16.5. The van der Waals surface area contributed by atoms with E-state index < -0.39 is 0 Å². The predicted molar refractivity (Wildman–Crippen MR) is 48.8 cm³/mol. The van der Waals surface area contributed by atoms with Crippen molar-refractivity contribution in [3.63, 3.8) is 0 Å². The average Bonchev–Trinajstić information content (AvgIpc) is 2.81. The molecule has 3 heteroatoms. The van der Waals surface area contributed by atoms with Crippen LogP contribution in [-0.2, 0) is 4.79 Å². The van der Waals surface area contributed by atoms with E-state index in [9.17, 15) is 4.79 Å². The minimum atomic E-state index is 0.354. The third-order valence-electron chi connectivity index (χ3n) is 1.97. The van der Waals surface area contributed by atoms with Gasteiger partial charge in [0.15, 0.2) is 0 Å². The van der Waals surface area contributed by atoms with Gasteiger partial charge in [0, 0.05) is 24.3 Å². The smallest absolute Gasteiger partial charge is 0.225 e. The minimum Gasteiger partial charge on any atom is -0.342 e. The highest BCUT2D eigenvalue weighted by Crippen LogP contribution is 2.30. The number of alkyl halides is 1. The second kappa shape index (κ2) is 4.10. The molecule has 0 aliphatic heterocycles. The maximum Gasteiger partial charge on any atom is 0.225 e. The monoisotopic (exact) mass is 219 g/mol. The Morgan fingerprint density at radius 2 is 2.27 bits per heavy atom. The van der Waals surface area contributed by atoms with Crippen LogP contribution in [0.15, 0.2) is 0 Å². The van der Waals surface area contributed by atoms with Crippen LogP contribution >= 0.6 is 15.9 Å². The van der Waals surface area contributed by atoms with E-state index in [-0.39, 0.29) is 0 Å². The van der Waals surface area contributed by atoms with Crippen LogP contribution in [0.25, 0.3) is 0 Å². The first-order valence-corrected chi connectivity index (χ1v) is 5.26. The summed E-state index contributed by atoms with van der Waals surface area (Å²) in [6.45, 7) is 3.73. The van der Waals surface area contributed by atoms with Crippen molar-refractivity contribution in [3.05, 3.63) is 0 Å². The third kappa shape index (κ3) is 2.47. The van der Waals surface area contributed by atoms with Crippen molar-refractivity contribution in [2.75, 3.05) is 18.4 Å². The molecular formula is C8H14BrNO. The molecule has 0 heterocycles. The van der Waals surface area contributed by atoms with Crippen molar-refractivity contribution in [1.82, 2.24) is 4.90 Å². The van der Waals surface area contributed by atoms with Gasteiger partial charge >= 0.3 is 0 Å². The zero-order chi connectivity index (χ0) is 8.27. The lowest BCUT2D eigenvalue weighted by molar-refractivity contribution is -0.132. The molecule has 64 valence electrons. The molecule has 0 N–H and O–H groups in total. The van der Waals surface area contributed by atoms with Gasteiger partial charge in [-0.05, 0) is 19.8 Å². The van der Waals surface area contributed by atoms with Crippen molar-refractivity contribution >= 4 is 21.8 Å². The zero-order valence-electron chi connectivity index (χ0n) is 6.85. The number of rotatable bonds is 4. The van der Waals surface area contributed by atoms with E-state index in [0.717, 1.165) is 31.3 Å². The predicted octanol–water partition coefficient (Wildman–Crippen LogP) is 1.64. The van der Waals surface area contributed by atoms with Crippen molar-refractivity contribution in [1.29, 1.82) is 0 Å². The highest BCUT2D eigenvalue weighted by Gasteiger charge is 2.32. The number of carbonyl (C=O) groups is 1. The van der Waals surface area contributed by atoms with E-state index in [4.69, 9.17) is 0 Å². The highest BCUT2D eigenvalue weighted by atomic mass is 79.9. The number of amides is 1. The molecule has 1 saturated carbocycles. The van der Waals surface area contributed by atoms with E-state index in [1.165, 1.54) is 0 Å². The quantitative estimate of drug-likeness (QED) is 0.659. The SMILES string of the molecule is CCN(CCBr)C(=O)C1CC1. The molecule has 0 aromatic heterocycles. The van der Waals surface area contributed by atoms with Crippen LogP contribution in [0.1, 0.15) is 19.8 Å². The van der Waals surface area contributed by atoms with Gasteiger partial charge in [0.2, 0.25) is 5.91 Å². The molecule has 0 spiro atoms. The van der Waals surface area contributed by atoms with Crippen LogP contribution in [-0.4, -0.2) is 29.2 Å². The molecule has 0 atom stereocenters. The summed E-state index contributed by atoms with van der Waals surface area (Å²) in [7, 11) is 0. The fourth-order valence-corrected chi connectivity index (χ4v) is 1.54. The summed E-state index contributed by atoms with van der Waals surface area (Å²) in [6, 6.07) is 0. The standard InChI is InChI=1S/C8H14BrNO/c1-2-10(6-5-9)8(11)7-3-4-7/h7H,2-6H2,1H3. The summed E-state index contributed by atoms with van der Waals surface area (Å²) in [5.41, 5.74) is 0. The lowest BCUT2D eigenvalue weighted by atomic mass is 10.3. The van der Waals surface area contributed by atoms with Gasteiger partial charge in [0.25, 0.3) is 0 Å².